The number of hydrogen-bond donors (Lipinski definition) is 0. The first-order valence-electron chi connectivity index (χ1n) is 7.43. The van der Waals surface area contributed by atoms with Gasteiger partial charge in [0.05, 0.1) is 25.4 Å². The maximum atomic E-state index is 12.8. The van der Waals surface area contributed by atoms with Crippen LogP contribution in [0.5, 0.6) is 0 Å². The summed E-state index contributed by atoms with van der Waals surface area (Å²) in [7, 11) is 1.96. The van der Waals surface area contributed by atoms with Crippen LogP contribution in [0.25, 0.3) is 0 Å². The van der Waals surface area contributed by atoms with Crippen LogP contribution >= 0.6 is 0 Å². The van der Waals surface area contributed by atoms with Crippen molar-refractivity contribution in [3.05, 3.63) is 0 Å². The zero-order chi connectivity index (χ0) is 13.3. The quantitative estimate of drug-likeness (QED) is 0.723. The van der Waals surface area contributed by atoms with E-state index in [-0.39, 0.29) is 11.6 Å². The van der Waals surface area contributed by atoms with E-state index in [1.165, 1.54) is 12.8 Å². The van der Waals surface area contributed by atoms with Gasteiger partial charge in [-0.3, -0.25) is 0 Å². The topological polar surface area (TPSA) is 42.0 Å². The van der Waals surface area contributed by atoms with Crippen molar-refractivity contribution in [3.8, 4) is 0 Å². The molecule has 108 valence electrons. The van der Waals surface area contributed by atoms with E-state index in [2.05, 4.69) is 0 Å². The number of ether oxygens (including phenoxy) is 2. The number of hydrogen-bond acceptors (Lipinski definition) is 3. The molecule has 0 bridgehead atoms. The van der Waals surface area contributed by atoms with Crippen LogP contribution in [0.2, 0.25) is 0 Å². The summed E-state index contributed by atoms with van der Waals surface area (Å²) in [5.74, 6) is 0. The summed E-state index contributed by atoms with van der Waals surface area (Å²) < 4.78 is 11.1. The zero-order valence-electron chi connectivity index (χ0n) is 11.8. The van der Waals surface area contributed by atoms with E-state index in [9.17, 15) is 4.79 Å². The summed E-state index contributed by atoms with van der Waals surface area (Å²) in [5.41, 5.74) is -0.206. The van der Waals surface area contributed by atoms with E-state index in [4.69, 9.17) is 9.47 Å². The van der Waals surface area contributed by atoms with Gasteiger partial charge in [-0.25, -0.2) is 4.79 Å². The van der Waals surface area contributed by atoms with Crippen molar-refractivity contribution in [2.45, 2.75) is 43.7 Å². The van der Waals surface area contributed by atoms with Crippen LogP contribution < -0.4 is 0 Å². The van der Waals surface area contributed by atoms with Crippen LogP contribution in [0.1, 0.15) is 32.1 Å². The normalized spacial score (nSPS) is 32.2. The second-order valence-corrected chi connectivity index (χ2v) is 6.06. The molecule has 0 unspecified atom stereocenters. The average molecular weight is 268 g/mol. The number of amides is 2. The van der Waals surface area contributed by atoms with Gasteiger partial charge in [0.15, 0.2) is 0 Å². The third-order valence-electron chi connectivity index (χ3n) is 4.89. The van der Waals surface area contributed by atoms with Gasteiger partial charge in [-0.2, -0.15) is 0 Å². The highest BCUT2D eigenvalue weighted by Gasteiger charge is 2.46. The molecule has 5 nitrogen and oxygen atoms in total. The predicted octanol–water partition coefficient (Wildman–Crippen LogP) is 1.47. The molecule has 0 aromatic heterocycles. The van der Waals surface area contributed by atoms with Crippen molar-refractivity contribution in [1.29, 1.82) is 0 Å². The van der Waals surface area contributed by atoms with Crippen LogP contribution in [-0.4, -0.2) is 67.4 Å². The number of carbonyl (C=O) groups excluding carboxylic acids is 1. The Kier molecular flexibility index (Phi) is 3.67. The Morgan fingerprint density at radius 2 is 1.89 bits per heavy atom. The van der Waals surface area contributed by atoms with Crippen LogP contribution in [0, 0.1) is 0 Å². The highest BCUT2D eigenvalue weighted by molar-refractivity contribution is 5.75. The molecule has 3 aliphatic rings. The molecule has 0 N–H and O–H groups in total. The van der Waals surface area contributed by atoms with Crippen LogP contribution in [0.15, 0.2) is 0 Å². The number of nitrogens with zero attached hydrogens (tertiary/aromatic N) is 2. The van der Waals surface area contributed by atoms with Crippen molar-refractivity contribution >= 4 is 6.03 Å². The second kappa shape index (κ2) is 5.29. The van der Waals surface area contributed by atoms with Gasteiger partial charge in [-0.1, -0.05) is 12.8 Å². The van der Waals surface area contributed by atoms with Gasteiger partial charge < -0.3 is 19.3 Å². The lowest BCUT2D eigenvalue weighted by Gasteiger charge is -2.45. The predicted molar refractivity (Wildman–Crippen MR) is 71.1 cm³/mol. The van der Waals surface area contributed by atoms with Crippen LogP contribution in [-0.2, 0) is 9.47 Å². The number of urea groups is 1. The highest BCUT2D eigenvalue weighted by Crippen LogP contribution is 2.31. The minimum Gasteiger partial charge on any atom is -0.379 e. The SMILES string of the molecule is CN(C(=O)N1CCOC[C@]12CCOC2)C1CCCC1. The summed E-state index contributed by atoms with van der Waals surface area (Å²) in [6.07, 6.45) is 5.70. The molecule has 1 saturated carbocycles. The van der Waals surface area contributed by atoms with Gasteiger partial charge >= 0.3 is 6.03 Å². The summed E-state index contributed by atoms with van der Waals surface area (Å²) in [6.45, 7) is 3.32. The molecule has 2 amide bonds. The van der Waals surface area contributed by atoms with E-state index in [1.807, 2.05) is 16.8 Å². The molecule has 2 saturated heterocycles. The second-order valence-electron chi connectivity index (χ2n) is 6.06. The first-order chi connectivity index (χ1) is 9.23. The van der Waals surface area contributed by atoms with Gasteiger partial charge in [-0.15, -0.1) is 0 Å². The molecule has 0 aromatic rings. The Labute approximate surface area is 114 Å². The lowest BCUT2D eigenvalue weighted by molar-refractivity contribution is -0.0548. The Bertz CT molecular complexity index is 336. The van der Waals surface area contributed by atoms with E-state index >= 15 is 0 Å². The summed E-state index contributed by atoms with van der Waals surface area (Å²) >= 11 is 0. The standard InChI is InChI=1S/C14H24N2O3/c1-15(12-4-2-3-5-12)13(17)16-7-9-19-11-14(16)6-8-18-10-14/h12H,2-11H2,1H3/t14-/m1/s1. The molecule has 2 heterocycles. The first kappa shape index (κ1) is 13.2. The molecule has 3 fully saturated rings. The fourth-order valence-electron chi connectivity index (χ4n) is 3.59. The lowest BCUT2D eigenvalue weighted by atomic mass is 9.96. The molecule has 19 heavy (non-hydrogen) atoms. The maximum Gasteiger partial charge on any atom is 0.320 e. The Balaban J connectivity index is 1.72. The molecule has 0 aromatic carbocycles. The summed E-state index contributed by atoms with van der Waals surface area (Å²) in [5, 5.41) is 0. The van der Waals surface area contributed by atoms with E-state index < -0.39 is 0 Å². The van der Waals surface area contributed by atoms with Crippen molar-refractivity contribution < 1.29 is 14.3 Å². The zero-order valence-corrected chi connectivity index (χ0v) is 11.8. The molecule has 3 rings (SSSR count). The smallest absolute Gasteiger partial charge is 0.320 e. The fourth-order valence-corrected chi connectivity index (χ4v) is 3.59. The molecule has 5 heteroatoms. The van der Waals surface area contributed by atoms with Gasteiger partial charge in [0, 0.05) is 26.2 Å². The molecule has 1 spiro atoms. The van der Waals surface area contributed by atoms with E-state index in [0.29, 0.717) is 32.4 Å². The van der Waals surface area contributed by atoms with Gasteiger partial charge in [0.25, 0.3) is 0 Å². The van der Waals surface area contributed by atoms with Gasteiger partial charge in [0.2, 0.25) is 0 Å². The average Bonchev–Trinajstić information content (AvgIpc) is 3.10. The Hall–Kier alpha value is -0.810. The summed E-state index contributed by atoms with van der Waals surface area (Å²) in [4.78, 5) is 16.8. The first-order valence-corrected chi connectivity index (χ1v) is 7.43. The fraction of sp³-hybridized carbons (Fsp3) is 0.929. The minimum absolute atomic E-state index is 0.167. The highest BCUT2D eigenvalue weighted by atomic mass is 16.5. The van der Waals surface area contributed by atoms with Gasteiger partial charge in [0.1, 0.15) is 0 Å². The van der Waals surface area contributed by atoms with Crippen molar-refractivity contribution in [3.63, 3.8) is 0 Å². The lowest BCUT2D eigenvalue weighted by Crippen LogP contribution is -2.62. The van der Waals surface area contributed by atoms with E-state index in [1.54, 1.807) is 0 Å². The monoisotopic (exact) mass is 268 g/mol. The molecule has 0 radical (unpaired) electrons. The van der Waals surface area contributed by atoms with Crippen LogP contribution in [0.3, 0.4) is 0 Å². The minimum atomic E-state index is -0.206. The molecule has 2 aliphatic heterocycles. The third kappa shape index (κ3) is 2.34. The number of morpholine rings is 1. The number of carbonyl (C=O) groups is 1. The molecule has 1 aliphatic carbocycles. The Morgan fingerprint density at radius 3 is 2.58 bits per heavy atom. The van der Waals surface area contributed by atoms with Crippen LogP contribution in [0.4, 0.5) is 4.79 Å². The van der Waals surface area contributed by atoms with Crippen molar-refractivity contribution in [1.82, 2.24) is 9.80 Å². The largest absolute Gasteiger partial charge is 0.379 e. The molecule has 1 atom stereocenters. The maximum absolute atomic E-state index is 12.8. The van der Waals surface area contributed by atoms with Gasteiger partial charge in [-0.05, 0) is 19.3 Å². The van der Waals surface area contributed by atoms with E-state index in [0.717, 1.165) is 25.9 Å². The molecular formula is C14H24N2O3. The third-order valence-corrected chi connectivity index (χ3v) is 4.89. The number of rotatable bonds is 1. The summed E-state index contributed by atoms with van der Waals surface area (Å²) in [6, 6.07) is 0.593. The molecular weight excluding hydrogens is 244 g/mol. The Morgan fingerprint density at radius 1 is 1.21 bits per heavy atom. The van der Waals surface area contributed by atoms with Crippen molar-refractivity contribution in [2.75, 3.05) is 40.0 Å². The van der Waals surface area contributed by atoms with Crippen molar-refractivity contribution in [2.24, 2.45) is 0 Å².